The van der Waals surface area contributed by atoms with Crippen LogP contribution in [0.5, 0.6) is 0 Å². The van der Waals surface area contributed by atoms with E-state index in [4.69, 9.17) is 11.6 Å². The predicted molar refractivity (Wildman–Crippen MR) is 121 cm³/mol. The molecule has 0 saturated heterocycles. The van der Waals surface area contributed by atoms with Crippen molar-refractivity contribution >= 4 is 35.2 Å². The van der Waals surface area contributed by atoms with E-state index in [-0.39, 0.29) is 12.3 Å². The second kappa shape index (κ2) is 12.6. The number of aromatic nitrogens is 2. The maximum atomic E-state index is 12.2. The SMILES string of the molecule is CCCCCC(=O)N[C@@H](Cc1cnc(SCCC)n1Cc1ccccc1Cl)C(=O)O. The molecule has 0 saturated carbocycles. The van der Waals surface area contributed by atoms with Crippen molar-refractivity contribution in [1.29, 1.82) is 0 Å². The number of halogens is 1. The number of hydrogen-bond donors (Lipinski definition) is 2. The van der Waals surface area contributed by atoms with Gasteiger partial charge in [0.2, 0.25) is 5.91 Å². The van der Waals surface area contributed by atoms with Crippen LogP contribution >= 0.6 is 23.4 Å². The Morgan fingerprint density at radius 3 is 2.67 bits per heavy atom. The number of imidazole rings is 1. The van der Waals surface area contributed by atoms with Gasteiger partial charge in [0, 0.05) is 35.5 Å². The molecule has 0 unspecified atom stereocenters. The Hall–Kier alpha value is -1.99. The summed E-state index contributed by atoms with van der Waals surface area (Å²) in [5.74, 6) is -0.365. The molecule has 0 radical (unpaired) electrons. The van der Waals surface area contributed by atoms with E-state index in [0.717, 1.165) is 47.8 Å². The normalized spacial score (nSPS) is 12.0. The molecular weight excluding hydrogens is 422 g/mol. The van der Waals surface area contributed by atoms with Crippen molar-refractivity contribution in [3.05, 3.63) is 46.7 Å². The zero-order chi connectivity index (χ0) is 21.9. The molecular formula is C22H30ClN3O3S. The molecule has 2 N–H and O–H groups in total. The van der Waals surface area contributed by atoms with Gasteiger partial charge in [0.05, 0.1) is 6.54 Å². The molecule has 164 valence electrons. The third kappa shape index (κ3) is 7.36. The van der Waals surface area contributed by atoms with E-state index in [1.807, 2.05) is 28.8 Å². The number of rotatable bonds is 13. The van der Waals surface area contributed by atoms with Gasteiger partial charge in [0.1, 0.15) is 6.04 Å². The number of nitrogens with zero attached hydrogens (tertiary/aromatic N) is 2. The van der Waals surface area contributed by atoms with Crippen molar-refractivity contribution in [3.8, 4) is 0 Å². The van der Waals surface area contributed by atoms with Gasteiger partial charge in [-0.3, -0.25) is 4.79 Å². The highest BCUT2D eigenvalue weighted by Gasteiger charge is 2.23. The fourth-order valence-corrected chi connectivity index (χ4v) is 4.09. The van der Waals surface area contributed by atoms with Gasteiger partial charge in [-0.25, -0.2) is 9.78 Å². The quantitative estimate of drug-likeness (QED) is 0.338. The standard InChI is InChI=1S/C22H30ClN3O3S/c1-3-5-6-11-20(27)25-19(21(28)29)13-17-14-24-22(30-12-4-2)26(17)15-16-9-7-8-10-18(16)23/h7-10,14,19H,3-6,11-13,15H2,1-2H3,(H,25,27)(H,28,29)/t19-/m0/s1. The van der Waals surface area contributed by atoms with Crippen LogP contribution in [0.3, 0.4) is 0 Å². The molecule has 8 heteroatoms. The predicted octanol–water partition coefficient (Wildman–Crippen LogP) is 4.78. The zero-order valence-electron chi connectivity index (χ0n) is 17.6. The van der Waals surface area contributed by atoms with Crippen LogP contribution < -0.4 is 5.32 Å². The lowest BCUT2D eigenvalue weighted by Crippen LogP contribution is -2.42. The van der Waals surface area contributed by atoms with Crippen LogP contribution in [0.25, 0.3) is 0 Å². The van der Waals surface area contributed by atoms with Gasteiger partial charge < -0.3 is 15.0 Å². The number of hydrogen-bond acceptors (Lipinski definition) is 4. The first kappa shape index (κ1) is 24.3. The van der Waals surface area contributed by atoms with Crippen LogP contribution in [-0.4, -0.2) is 38.3 Å². The van der Waals surface area contributed by atoms with E-state index in [9.17, 15) is 14.7 Å². The first-order valence-electron chi connectivity index (χ1n) is 10.4. The Bertz CT molecular complexity index is 841. The summed E-state index contributed by atoms with van der Waals surface area (Å²) in [7, 11) is 0. The minimum absolute atomic E-state index is 0.166. The number of carboxylic acids is 1. The molecule has 6 nitrogen and oxygen atoms in total. The van der Waals surface area contributed by atoms with Crippen molar-refractivity contribution in [2.45, 2.75) is 70.1 Å². The fraction of sp³-hybridized carbons (Fsp3) is 0.500. The largest absolute Gasteiger partial charge is 0.480 e. The van der Waals surface area contributed by atoms with Crippen LogP contribution in [0, 0.1) is 0 Å². The molecule has 1 aromatic heterocycles. The molecule has 1 heterocycles. The number of benzene rings is 1. The summed E-state index contributed by atoms with van der Waals surface area (Å²) in [6.07, 6.45) is 5.94. The Labute approximate surface area is 187 Å². The van der Waals surface area contributed by atoms with Crippen LogP contribution in [0.1, 0.15) is 57.2 Å². The minimum Gasteiger partial charge on any atom is -0.480 e. The minimum atomic E-state index is -1.05. The van der Waals surface area contributed by atoms with Gasteiger partial charge in [-0.1, -0.05) is 68.3 Å². The molecule has 1 amide bonds. The molecule has 2 aromatic rings. The Morgan fingerprint density at radius 1 is 1.23 bits per heavy atom. The monoisotopic (exact) mass is 451 g/mol. The van der Waals surface area contributed by atoms with Crippen LogP contribution in [0.2, 0.25) is 5.02 Å². The van der Waals surface area contributed by atoms with E-state index in [1.54, 1.807) is 18.0 Å². The van der Waals surface area contributed by atoms with E-state index < -0.39 is 12.0 Å². The van der Waals surface area contributed by atoms with Crippen LogP contribution in [0.15, 0.2) is 35.6 Å². The first-order chi connectivity index (χ1) is 14.5. The Balaban J connectivity index is 2.21. The molecule has 2 rings (SSSR count). The average molecular weight is 452 g/mol. The summed E-state index contributed by atoms with van der Waals surface area (Å²) in [6, 6.07) is 6.59. The highest BCUT2D eigenvalue weighted by atomic mass is 35.5. The molecule has 0 aliphatic rings. The highest BCUT2D eigenvalue weighted by Crippen LogP contribution is 2.24. The van der Waals surface area contributed by atoms with E-state index in [1.165, 1.54) is 0 Å². The topological polar surface area (TPSA) is 84.2 Å². The molecule has 0 aliphatic carbocycles. The van der Waals surface area contributed by atoms with Gasteiger partial charge in [-0.15, -0.1) is 0 Å². The van der Waals surface area contributed by atoms with Gasteiger partial charge in [0.25, 0.3) is 0 Å². The lowest BCUT2D eigenvalue weighted by atomic mass is 10.1. The van der Waals surface area contributed by atoms with E-state index in [2.05, 4.69) is 24.1 Å². The van der Waals surface area contributed by atoms with Crippen LogP contribution in [0.4, 0.5) is 0 Å². The summed E-state index contributed by atoms with van der Waals surface area (Å²) in [4.78, 5) is 28.5. The number of unbranched alkanes of at least 4 members (excludes halogenated alkanes) is 2. The first-order valence-corrected chi connectivity index (χ1v) is 11.7. The molecule has 1 atom stereocenters. The molecule has 0 aliphatic heterocycles. The summed E-state index contributed by atoms with van der Waals surface area (Å²) >= 11 is 7.97. The second-order valence-electron chi connectivity index (χ2n) is 7.18. The summed E-state index contributed by atoms with van der Waals surface area (Å²) in [5.41, 5.74) is 1.70. The maximum absolute atomic E-state index is 12.2. The molecule has 0 spiro atoms. The Kier molecular flexibility index (Phi) is 10.2. The molecule has 0 fully saturated rings. The van der Waals surface area contributed by atoms with Crippen molar-refractivity contribution in [3.63, 3.8) is 0 Å². The van der Waals surface area contributed by atoms with Crippen molar-refractivity contribution in [1.82, 2.24) is 14.9 Å². The van der Waals surface area contributed by atoms with E-state index >= 15 is 0 Å². The number of carbonyl (C=O) groups excluding carboxylic acids is 1. The summed E-state index contributed by atoms with van der Waals surface area (Å²) in [5, 5.41) is 13.8. The lowest BCUT2D eigenvalue weighted by Gasteiger charge is -2.17. The third-order valence-corrected chi connectivity index (χ3v) is 6.24. The summed E-state index contributed by atoms with van der Waals surface area (Å²) in [6.45, 7) is 4.66. The van der Waals surface area contributed by atoms with Crippen molar-refractivity contribution < 1.29 is 14.7 Å². The second-order valence-corrected chi connectivity index (χ2v) is 8.65. The maximum Gasteiger partial charge on any atom is 0.326 e. The number of nitrogens with one attached hydrogen (secondary N) is 1. The third-order valence-electron chi connectivity index (χ3n) is 4.68. The summed E-state index contributed by atoms with van der Waals surface area (Å²) < 4.78 is 2.00. The van der Waals surface area contributed by atoms with Crippen LogP contribution in [-0.2, 0) is 22.6 Å². The smallest absolute Gasteiger partial charge is 0.326 e. The van der Waals surface area contributed by atoms with Gasteiger partial charge in [-0.2, -0.15) is 0 Å². The van der Waals surface area contributed by atoms with Crippen molar-refractivity contribution in [2.24, 2.45) is 0 Å². The number of aliphatic carboxylic acids is 1. The highest BCUT2D eigenvalue weighted by molar-refractivity contribution is 7.99. The molecule has 1 aromatic carbocycles. The fourth-order valence-electron chi connectivity index (χ4n) is 3.04. The number of carboxylic acid groups (broad SMARTS) is 1. The Morgan fingerprint density at radius 2 is 2.00 bits per heavy atom. The number of amides is 1. The van der Waals surface area contributed by atoms with Gasteiger partial charge in [0.15, 0.2) is 5.16 Å². The zero-order valence-corrected chi connectivity index (χ0v) is 19.1. The molecule has 0 bridgehead atoms. The van der Waals surface area contributed by atoms with Crippen molar-refractivity contribution in [2.75, 3.05) is 5.75 Å². The lowest BCUT2D eigenvalue weighted by molar-refractivity contribution is -0.141. The average Bonchev–Trinajstić information content (AvgIpc) is 3.09. The van der Waals surface area contributed by atoms with E-state index in [0.29, 0.717) is 18.0 Å². The molecule has 30 heavy (non-hydrogen) atoms. The number of carbonyl (C=O) groups is 2. The number of thioether (sulfide) groups is 1. The van der Waals surface area contributed by atoms with Gasteiger partial charge >= 0.3 is 5.97 Å². The van der Waals surface area contributed by atoms with Gasteiger partial charge in [-0.05, 0) is 24.5 Å².